The number of hydrogen-bond donors (Lipinski definition) is 1. The van der Waals surface area contributed by atoms with E-state index in [4.69, 9.17) is 4.42 Å². The van der Waals surface area contributed by atoms with Crippen molar-refractivity contribution < 1.29 is 14.3 Å². The second kappa shape index (κ2) is 4.57. The van der Waals surface area contributed by atoms with Crippen molar-refractivity contribution in [2.75, 3.05) is 0 Å². The quantitative estimate of drug-likeness (QED) is 0.779. The van der Waals surface area contributed by atoms with Gasteiger partial charge in [-0.15, -0.1) is 0 Å². The zero-order chi connectivity index (χ0) is 13.2. The minimum Gasteiger partial charge on any atom is -0.481 e. The van der Waals surface area contributed by atoms with Crippen LogP contribution in [0, 0.1) is 0 Å². The van der Waals surface area contributed by atoms with Gasteiger partial charge in [0.1, 0.15) is 11.5 Å². The molecule has 1 N–H and O–H groups in total. The number of benzene rings is 1. The average Bonchev–Trinajstić information content (AvgIpc) is 2.84. The summed E-state index contributed by atoms with van der Waals surface area (Å²) in [5.41, 5.74) is 2.04. The van der Waals surface area contributed by atoms with Crippen LogP contribution in [-0.4, -0.2) is 16.1 Å². The Morgan fingerprint density at radius 2 is 1.89 bits per heavy atom. The molecule has 0 aliphatic rings. The van der Waals surface area contributed by atoms with E-state index in [0.717, 1.165) is 5.39 Å². The van der Waals surface area contributed by atoms with Crippen molar-refractivity contribution in [3.05, 3.63) is 66.2 Å². The van der Waals surface area contributed by atoms with E-state index in [-0.39, 0.29) is 0 Å². The predicted octanol–water partition coefficient (Wildman–Crippen LogP) is 3.04. The van der Waals surface area contributed by atoms with Crippen molar-refractivity contribution in [2.24, 2.45) is 0 Å². The first-order valence-corrected chi connectivity index (χ1v) is 5.86. The van der Waals surface area contributed by atoms with E-state index in [0.29, 0.717) is 16.7 Å². The average molecular weight is 253 g/mol. The van der Waals surface area contributed by atoms with Gasteiger partial charge in [-0.2, -0.15) is 0 Å². The van der Waals surface area contributed by atoms with Crippen LogP contribution in [0.3, 0.4) is 0 Å². The van der Waals surface area contributed by atoms with Gasteiger partial charge in [-0.3, -0.25) is 9.78 Å². The van der Waals surface area contributed by atoms with Gasteiger partial charge >= 0.3 is 5.97 Å². The first kappa shape index (κ1) is 11.5. The van der Waals surface area contributed by atoms with Crippen molar-refractivity contribution >= 4 is 16.9 Å². The standard InChI is InChI=1S/C15H11NO3/c17-15(18)14(10-5-7-16-8-6-10)12-9-19-13-4-2-1-3-11(12)13/h1-9,14H,(H,17,18). The molecule has 4 nitrogen and oxygen atoms in total. The fraction of sp³-hybridized carbons (Fsp3) is 0.0667. The minimum atomic E-state index is -0.905. The topological polar surface area (TPSA) is 63.3 Å². The highest BCUT2D eigenvalue weighted by Crippen LogP contribution is 2.32. The number of nitrogens with zero attached hydrogens (tertiary/aromatic N) is 1. The molecule has 1 atom stereocenters. The fourth-order valence-corrected chi connectivity index (χ4v) is 2.23. The smallest absolute Gasteiger partial charge is 0.315 e. The molecule has 0 radical (unpaired) electrons. The molecule has 0 saturated heterocycles. The van der Waals surface area contributed by atoms with E-state index >= 15 is 0 Å². The Bertz CT molecular complexity index is 718. The van der Waals surface area contributed by atoms with Crippen LogP contribution < -0.4 is 0 Å². The van der Waals surface area contributed by atoms with Crippen molar-refractivity contribution in [1.29, 1.82) is 0 Å². The number of furan rings is 1. The van der Waals surface area contributed by atoms with Crippen LogP contribution in [-0.2, 0) is 4.79 Å². The summed E-state index contributed by atoms with van der Waals surface area (Å²) in [6, 6.07) is 10.8. The molecule has 94 valence electrons. The van der Waals surface area contributed by atoms with Gasteiger partial charge in [0, 0.05) is 23.3 Å². The largest absolute Gasteiger partial charge is 0.481 e. The maximum Gasteiger partial charge on any atom is 0.315 e. The molecule has 4 heteroatoms. The van der Waals surface area contributed by atoms with Crippen LogP contribution in [0.1, 0.15) is 17.0 Å². The summed E-state index contributed by atoms with van der Waals surface area (Å²) in [4.78, 5) is 15.5. The number of pyridine rings is 1. The summed E-state index contributed by atoms with van der Waals surface area (Å²) in [6.45, 7) is 0. The third-order valence-electron chi connectivity index (χ3n) is 3.11. The Balaban J connectivity index is 2.18. The first-order valence-electron chi connectivity index (χ1n) is 5.86. The number of hydrogen-bond acceptors (Lipinski definition) is 3. The molecule has 0 bridgehead atoms. The second-order valence-electron chi connectivity index (χ2n) is 4.24. The van der Waals surface area contributed by atoms with E-state index in [9.17, 15) is 9.90 Å². The van der Waals surface area contributed by atoms with E-state index < -0.39 is 11.9 Å². The first-order chi connectivity index (χ1) is 9.27. The molecule has 0 aliphatic carbocycles. The third-order valence-corrected chi connectivity index (χ3v) is 3.11. The van der Waals surface area contributed by atoms with Crippen LogP contribution in [0.25, 0.3) is 11.0 Å². The molecular formula is C15H11NO3. The summed E-state index contributed by atoms with van der Waals surface area (Å²) < 4.78 is 5.42. The lowest BCUT2D eigenvalue weighted by molar-refractivity contribution is -0.137. The van der Waals surface area contributed by atoms with Gasteiger partial charge in [0.15, 0.2) is 0 Å². The highest BCUT2D eigenvalue weighted by molar-refractivity contribution is 5.90. The summed E-state index contributed by atoms with van der Waals surface area (Å²) in [7, 11) is 0. The lowest BCUT2D eigenvalue weighted by Crippen LogP contribution is -2.12. The van der Waals surface area contributed by atoms with E-state index in [1.807, 2.05) is 24.3 Å². The monoisotopic (exact) mass is 253 g/mol. The Kier molecular flexibility index (Phi) is 2.76. The summed E-state index contributed by atoms with van der Waals surface area (Å²) in [5, 5.41) is 10.3. The van der Waals surface area contributed by atoms with Crippen molar-refractivity contribution in [2.45, 2.75) is 5.92 Å². The van der Waals surface area contributed by atoms with Crippen molar-refractivity contribution in [1.82, 2.24) is 4.98 Å². The maximum absolute atomic E-state index is 11.6. The molecule has 1 aromatic carbocycles. The van der Waals surface area contributed by atoms with Gasteiger partial charge in [0.05, 0.1) is 6.26 Å². The lowest BCUT2D eigenvalue weighted by Gasteiger charge is -2.10. The number of carboxylic acid groups (broad SMARTS) is 1. The number of carbonyl (C=O) groups is 1. The van der Waals surface area contributed by atoms with Gasteiger partial charge in [-0.25, -0.2) is 0 Å². The van der Waals surface area contributed by atoms with E-state index in [1.165, 1.54) is 6.26 Å². The molecule has 2 aromatic heterocycles. The normalized spacial score (nSPS) is 12.4. The number of aliphatic carboxylic acids is 1. The van der Waals surface area contributed by atoms with Gasteiger partial charge in [0.25, 0.3) is 0 Å². The van der Waals surface area contributed by atoms with Gasteiger partial charge in [0.2, 0.25) is 0 Å². The number of para-hydroxylation sites is 1. The van der Waals surface area contributed by atoms with Crippen molar-refractivity contribution in [3.8, 4) is 0 Å². The molecule has 0 aliphatic heterocycles. The molecule has 3 rings (SSSR count). The van der Waals surface area contributed by atoms with Crippen molar-refractivity contribution in [3.63, 3.8) is 0 Å². The zero-order valence-electron chi connectivity index (χ0n) is 9.98. The molecule has 0 saturated carbocycles. The Morgan fingerprint density at radius 3 is 2.63 bits per heavy atom. The summed E-state index contributed by atoms with van der Waals surface area (Å²) >= 11 is 0. The number of rotatable bonds is 3. The molecule has 19 heavy (non-hydrogen) atoms. The van der Waals surface area contributed by atoms with Crippen LogP contribution in [0.4, 0.5) is 0 Å². The van der Waals surface area contributed by atoms with E-state index in [1.54, 1.807) is 24.5 Å². The Hall–Kier alpha value is -2.62. The molecule has 0 spiro atoms. The molecular weight excluding hydrogens is 242 g/mol. The Labute approximate surface area is 109 Å². The van der Waals surface area contributed by atoms with Crippen LogP contribution in [0.15, 0.2) is 59.5 Å². The second-order valence-corrected chi connectivity index (χ2v) is 4.24. The predicted molar refractivity (Wildman–Crippen MR) is 69.9 cm³/mol. The molecule has 3 aromatic rings. The third kappa shape index (κ3) is 1.97. The van der Waals surface area contributed by atoms with Crippen LogP contribution in [0.5, 0.6) is 0 Å². The minimum absolute atomic E-state index is 0.661. The number of aromatic nitrogens is 1. The summed E-state index contributed by atoms with van der Waals surface area (Å²) in [5.74, 6) is -1.65. The van der Waals surface area contributed by atoms with Gasteiger partial charge in [-0.05, 0) is 23.8 Å². The van der Waals surface area contributed by atoms with Gasteiger partial charge < -0.3 is 9.52 Å². The fourth-order valence-electron chi connectivity index (χ4n) is 2.23. The Morgan fingerprint density at radius 1 is 1.16 bits per heavy atom. The molecule has 0 fully saturated rings. The lowest BCUT2D eigenvalue weighted by atomic mass is 9.92. The van der Waals surface area contributed by atoms with E-state index in [2.05, 4.69) is 4.98 Å². The number of fused-ring (bicyclic) bond motifs is 1. The zero-order valence-corrected chi connectivity index (χ0v) is 9.98. The number of carboxylic acids is 1. The SMILES string of the molecule is O=C(O)C(c1ccncc1)c1coc2ccccc12. The maximum atomic E-state index is 11.6. The highest BCUT2D eigenvalue weighted by atomic mass is 16.4. The van der Waals surface area contributed by atoms with Gasteiger partial charge in [-0.1, -0.05) is 18.2 Å². The molecule has 1 unspecified atom stereocenters. The molecule has 2 heterocycles. The van der Waals surface area contributed by atoms with Crippen LogP contribution >= 0.6 is 0 Å². The summed E-state index contributed by atoms with van der Waals surface area (Å²) in [6.07, 6.45) is 4.70. The highest BCUT2D eigenvalue weighted by Gasteiger charge is 2.25. The molecule has 0 amide bonds. The van der Waals surface area contributed by atoms with Crippen LogP contribution in [0.2, 0.25) is 0 Å².